The average molecular weight is 344 g/mol. The molecule has 0 radical (unpaired) electrons. The number of halogens is 4. The average Bonchev–Trinajstić information content (AvgIpc) is 2.37. The highest BCUT2D eigenvalue weighted by atomic mass is 35.5. The molecule has 0 amide bonds. The van der Waals surface area contributed by atoms with Crippen LogP contribution in [0.4, 0.5) is 13.2 Å². The number of rotatable bonds is 6. The van der Waals surface area contributed by atoms with Gasteiger partial charge in [0.15, 0.2) is 0 Å². The highest BCUT2D eigenvalue weighted by Crippen LogP contribution is 2.35. The van der Waals surface area contributed by atoms with E-state index in [9.17, 15) is 21.6 Å². The maximum Gasteiger partial charge on any atom is 0.417 e. The van der Waals surface area contributed by atoms with Crippen molar-refractivity contribution in [1.82, 2.24) is 4.31 Å². The van der Waals surface area contributed by atoms with E-state index >= 15 is 0 Å². The van der Waals surface area contributed by atoms with Gasteiger partial charge in [-0.15, -0.1) is 11.6 Å². The van der Waals surface area contributed by atoms with E-state index in [0.29, 0.717) is 6.42 Å². The Morgan fingerprint density at radius 1 is 1.24 bits per heavy atom. The van der Waals surface area contributed by atoms with Crippen molar-refractivity contribution in [3.63, 3.8) is 0 Å². The van der Waals surface area contributed by atoms with Gasteiger partial charge in [-0.3, -0.25) is 0 Å². The molecular weight excluding hydrogens is 327 g/mol. The molecule has 0 saturated heterocycles. The van der Waals surface area contributed by atoms with Crippen molar-refractivity contribution in [2.24, 2.45) is 0 Å². The third-order valence-corrected chi connectivity index (χ3v) is 5.27. The predicted molar refractivity (Wildman–Crippen MR) is 75.8 cm³/mol. The zero-order valence-corrected chi connectivity index (χ0v) is 13.3. The summed E-state index contributed by atoms with van der Waals surface area (Å²) in [4.78, 5) is -0.722. The third-order valence-electron chi connectivity index (χ3n) is 2.87. The van der Waals surface area contributed by atoms with Gasteiger partial charge in [0.2, 0.25) is 10.0 Å². The van der Waals surface area contributed by atoms with Crippen molar-refractivity contribution >= 4 is 21.6 Å². The van der Waals surface area contributed by atoms with Crippen LogP contribution in [0.5, 0.6) is 0 Å². The van der Waals surface area contributed by atoms with Gasteiger partial charge in [-0.05, 0) is 32.4 Å². The van der Waals surface area contributed by atoms with Crippen molar-refractivity contribution in [3.05, 3.63) is 29.8 Å². The Balaban J connectivity index is 3.36. The molecule has 0 spiro atoms. The maximum atomic E-state index is 13.0. The normalized spacial score (nSPS) is 13.1. The minimum atomic E-state index is -4.72. The lowest BCUT2D eigenvalue weighted by atomic mass is 10.2. The molecule has 0 aromatic heterocycles. The number of hydrogen-bond acceptors (Lipinski definition) is 2. The molecule has 0 bridgehead atoms. The maximum absolute atomic E-state index is 13.0. The number of nitrogens with zero attached hydrogens (tertiary/aromatic N) is 1. The van der Waals surface area contributed by atoms with Crippen LogP contribution in [0.3, 0.4) is 0 Å². The molecule has 0 fully saturated rings. The molecule has 120 valence electrons. The fourth-order valence-corrected chi connectivity index (χ4v) is 3.93. The lowest BCUT2D eigenvalue weighted by molar-refractivity contribution is -0.139. The smallest absolute Gasteiger partial charge is 0.207 e. The summed E-state index contributed by atoms with van der Waals surface area (Å²) in [6.45, 7) is 3.31. The molecule has 0 heterocycles. The summed E-state index contributed by atoms with van der Waals surface area (Å²) in [5.74, 6) is 0.236. The standard InChI is InChI=1S/C13H17ClF3NO2S/c1-10(2)18(9-5-8-14)21(19,20)12-7-4-3-6-11(12)13(15,16)17/h3-4,6-7,10H,5,8-9H2,1-2H3. The lowest BCUT2D eigenvalue weighted by Gasteiger charge is -2.27. The molecule has 1 aromatic rings. The van der Waals surface area contributed by atoms with Crippen LogP contribution < -0.4 is 0 Å². The van der Waals surface area contributed by atoms with Gasteiger partial charge in [-0.2, -0.15) is 17.5 Å². The predicted octanol–water partition coefficient (Wildman–Crippen LogP) is 3.73. The van der Waals surface area contributed by atoms with E-state index in [1.54, 1.807) is 13.8 Å². The highest BCUT2D eigenvalue weighted by molar-refractivity contribution is 7.89. The van der Waals surface area contributed by atoms with Gasteiger partial charge in [-0.1, -0.05) is 12.1 Å². The molecule has 8 heteroatoms. The van der Waals surface area contributed by atoms with Crippen LogP contribution in [0.2, 0.25) is 0 Å². The van der Waals surface area contributed by atoms with Crippen molar-refractivity contribution in [2.45, 2.75) is 37.4 Å². The van der Waals surface area contributed by atoms with Crippen molar-refractivity contribution in [1.29, 1.82) is 0 Å². The Hall–Kier alpha value is -0.790. The molecule has 0 saturated carbocycles. The summed E-state index contributed by atoms with van der Waals surface area (Å²) >= 11 is 5.55. The lowest BCUT2D eigenvalue weighted by Crippen LogP contribution is -2.38. The van der Waals surface area contributed by atoms with Crippen molar-refractivity contribution < 1.29 is 21.6 Å². The van der Waals surface area contributed by atoms with E-state index < -0.39 is 32.7 Å². The fraction of sp³-hybridized carbons (Fsp3) is 0.538. The topological polar surface area (TPSA) is 37.4 Å². The van der Waals surface area contributed by atoms with Crippen LogP contribution in [0.15, 0.2) is 29.2 Å². The third kappa shape index (κ3) is 4.34. The van der Waals surface area contributed by atoms with Gasteiger partial charge in [0, 0.05) is 18.5 Å². The van der Waals surface area contributed by atoms with E-state index in [0.717, 1.165) is 16.4 Å². The van der Waals surface area contributed by atoms with E-state index in [1.165, 1.54) is 12.1 Å². The molecule has 0 aliphatic rings. The molecule has 0 aliphatic heterocycles. The first-order chi connectivity index (χ1) is 9.62. The highest BCUT2D eigenvalue weighted by Gasteiger charge is 2.39. The first kappa shape index (κ1) is 18.3. The molecule has 3 nitrogen and oxygen atoms in total. The van der Waals surface area contributed by atoms with Crippen LogP contribution in [-0.2, 0) is 16.2 Å². The summed E-state index contributed by atoms with van der Waals surface area (Å²) in [6.07, 6.45) is -4.36. The summed E-state index contributed by atoms with van der Waals surface area (Å²) in [6, 6.07) is 3.74. The van der Waals surface area contributed by atoms with Crippen LogP contribution in [0, 0.1) is 0 Å². The van der Waals surface area contributed by atoms with Gasteiger partial charge in [0.05, 0.1) is 10.5 Å². The van der Waals surface area contributed by atoms with Crippen molar-refractivity contribution in [2.75, 3.05) is 12.4 Å². The molecule has 1 rings (SSSR count). The quantitative estimate of drug-likeness (QED) is 0.738. The number of benzene rings is 1. The Labute approximate surface area is 127 Å². The van der Waals surface area contributed by atoms with E-state index in [4.69, 9.17) is 11.6 Å². The monoisotopic (exact) mass is 343 g/mol. The second-order valence-corrected chi connectivity index (χ2v) is 6.98. The minimum Gasteiger partial charge on any atom is -0.207 e. The SMILES string of the molecule is CC(C)N(CCCCl)S(=O)(=O)c1ccccc1C(F)(F)F. The summed E-state index contributed by atoms with van der Waals surface area (Å²) in [7, 11) is -4.23. The molecule has 21 heavy (non-hydrogen) atoms. The minimum absolute atomic E-state index is 0.0791. The van der Waals surface area contributed by atoms with Gasteiger partial charge in [0.25, 0.3) is 0 Å². The second-order valence-electron chi connectivity index (χ2n) is 4.75. The summed E-state index contributed by atoms with van der Waals surface area (Å²) < 4.78 is 65.1. The Morgan fingerprint density at radius 2 is 1.81 bits per heavy atom. The molecule has 1 aromatic carbocycles. The largest absolute Gasteiger partial charge is 0.417 e. The van der Waals surface area contributed by atoms with Crippen molar-refractivity contribution in [3.8, 4) is 0 Å². The molecule has 0 atom stereocenters. The summed E-state index contributed by atoms with van der Waals surface area (Å²) in [5, 5.41) is 0. The van der Waals surface area contributed by atoms with Crippen LogP contribution in [-0.4, -0.2) is 31.2 Å². The second kappa shape index (κ2) is 6.98. The van der Waals surface area contributed by atoms with Gasteiger partial charge < -0.3 is 0 Å². The van der Waals surface area contributed by atoms with Crippen LogP contribution >= 0.6 is 11.6 Å². The Morgan fingerprint density at radius 3 is 2.29 bits per heavy atom. The molecule has 0 N–H and O–H groups in total. The first-order valence-corrected chi connectivity index (χ1v) is 8.34. The molecule has 0 unspecified atom stereocenters. The van der Waals surface area contributed by atoms with Gasteiger partial charge in [-0.25, -0.2) is 8.42 Å². The number of sulfonamides is 1. The van der Waals surface area contributed by atoms with E-state index in [2.05, 4.69) is 0 Å². The summed E-state index contributed by atoms with van der Waals surface area (Å²) in [5.41, 5.74) is -1.15. The fourth-order valence-electron chi connectivity index (χ4n) is 1.92. The van der Waals surface area contributed by atoms with Crippen LogP contribution in [0.25, 0.3) is 0 Å². The van der Waals surface area contributed by atoms with Crippen LogP contribution in [0.1, 0.15) is 25.8 Å². The zero-order valence-electron chi connectivity index (χ0n) is 11.7. The van der Waals surface area contributed by atoms with Gasteiger partial charge in [0.1, 0.15) is 0 Å². The van der Waals surface area contributed by atoms with Gasteiger partial charge >= 0.3 is 6.18 Å². The Bertz CT molecular complexity index is 573. The van der Waals surface area contributed by atoms with E-state index in [1.807, 2.05) is 0 Å². The number of hydrogen-bond donors (Lipinski definition) is 0. The molecular formula is C13H17ClF3NO2S. The molecule has 0 aliphatic carbocycles. The van der Waals surface area contributed by atoms with E-state index in [-0.39, 0.29) is 12.4 Å². The number of alkyl halides is 4. The zero-order chi connectivity index (χ0) is 16.3. The Kier molecular flexibility index (Phi) is 6.07. The first-order valence-electron chi connectivity index (χ1n) is 6.36.